The maximum atomic E-state index is 12.4. The van der Waals surface area contributed by atoms with E-state index in [1.54, 1.807) is 7.11 Å². The number of carbonyl (C=O) groups excluding carboxylic acids is 1. The third-order valence-corrected chi connectivity index (χ3v) is 3.41. The number of rotatable bonds is 3. The molecule has 18 heavy (non-hydrogen) atoms. The normalized spacial score (nSPS) is 18.7. The lowest BCUT2D eigenvalue weighted by Gasteiger charge is -2.32. The van der Waals surface area contributed by atoms with Crippen LogP contribution >= 0.6 is 0 Å². The molecule has 1 aromatic rings. The first-order chi connectivity index (χ1) is 8.72. The topological polar surface area (TPSA) is 55.6 Å². The fraction of sp³-hybridized carbons (Fsp3) is 0.500. The molecule has 0 saturated carbocycles. The zero-order chi connectivity index (χ0) is 13.0. The summed E-state index contributed by atoms with van der Waals surface area (Å²) in [4.78, 5) is 14.2. The van der Waals surface area contributed by atoms with Crippen LogP contribution in [0.5, 0.6) is 0 Å². The highest BCUT2D eigenvalue weighted by Crippen LogP contribution is 2.21. The minimum atomic E-state index is -0.500. The maximum absolute atomic E-state index is 12.4. The van der Waals surface area contributed by atoms with Crippen molar-refractivity contribution in [2.45, 2.75) is 25.0 Å². The van der Waals surface area contributed by atoms with Gasteiger partial charge in [-0.1, -0.05) is 30.3 Å². The van der Waals surface area contributed by atoms with Gasteiger partial charge < -0.3 is 15.4 Å². The van der Waals surface area contributed by atoms with E-state index in [2.05, 4.69) is 0 Å². The minimum Gasteiger partial charge on any atom is -0.367 e. The SMILES string of the molecule is COC(C(=O)N1CCC(N)CC1)c1ccccc1. The van der Waals surface area contributed by atoms with Gasteiger partial charge in [0.2, 0.25) is 0 Å². The lowest BCUT2D eigenvalue weighted by molar-refractivity contribution is -0.143. The standard InChI is InChI=1S/C14H20N2O2/c1-18-13(11-5-3-2-4-6-11)14(17)16-9-7-12(15)8-10-16/h2-6,12-13H,7-10,15H2,1H3. The van der Waals surface area contributed by atoms with E-state index in [-0.39, 0.29) is 11.9 Å². The maximum Gasteiger partial charge on any atom is 0.256 e. The number of likely N-dealkylation sites (tertiary alicyclic amines) is 1. The molecule has 0 spiro atoms. The minimum absolute atomic E-state index is 0.0376. The molecule has 1 amide bonds. The van der Waals surface area contributed by atoms with Crippen LogP contribution in [0.3, 0.4) is 0 Å². The van der Waals surface area contributed by atoms with Crippen LogP contribution in [-0.4, -0.2) is 37.0 Å². The van der Waals surface area contributed by atoms with E-state index in [4.69, 9.17) is 10.5 Å². The first-order valence-electron chi connectivity index (χ1n) is 6.34. The van der Waals surface area contributed by atoms with E-state index < -0.39 is 6.10 Å². The summed E-state index contributed by atoms with van der Waals surface area (Å²) < 4.78 is 5.36. The highest BCUT2D eigenvalue weighted by atomic mass is 16.5. The largest absolute Gasteiger partial charge is 0.367 e. The number of hydrogen-bond acceptors (Lipinski definition) is 3. The molecule has 0 bridgehead atoms. The Morgan fingerprint density at radius 2 is 1.94 bits per heavy atom. The van der Waals surface area contributed by atoms with Crippen molar-refractivity contribution in [3.63, 3.8) is 0 Å². The van der Waals surface area contributed by atoms with Gasteiger partial charge in [-0.25, -0.2) is 0 Å². The number of nitrogens with zero attached hydrogens (tertiary/aromatic N) is 1. The van der Waals surface area contributed by atoms with Crippen LogP contribution in [0.15, 0.2) is 30.3 Å². The molecule has 0 aliphatic carbocycles. The Labute approximate surface area is 108 Å². The van der Waals surface area contributed by atoms with Gasteiger partial charge in [-0.05, 0) is 18.4 Å². The van der Waals surface area contributed by atoms with Gasteiger partial charge in [-0.3, -0.25) is 4.79 Å². The predicted molar refractivity (Wildman–Crippen MR) is 70.0 cm³/mol. The summed E-state index contributed by atoms with van der Waals surface area (Å²) >= 11 is 0. The molecule has 0 aromatic heterocycles. The molecule has 1 saturated heterocycles. The fourth-order valence-corrected chi connectivity index (χ4v) is 2.29. The average Bonchev–Trinajstić information content (AvgIpc) is 2.41. The predicted octanol–water partition coefficient (Wildman–Crippen LogP) is 1.32. The molecule has 1 heterocycles. The van der Waals surface area contributed by atoms with Gasteiger partial charge in [-0.2, -0.15) is 0 Å². The summed E-state index contributed by atoms with van der Waals surface area (Å²) in [5.41, 5.74) is 6.75. The number of ether oxygens (including phenoxy) is 1. The van der Waals surface area contributed by atoms with E-state index in [1.807, 2.05) is 35.2 Å². The van der Waals surface area contributed by atoms with Gasteiger partial charge in [0.25, 0.3) is 5.91 Å². The Hall–Kier alpha value is -1.39. The zero-order valence-corrected chi connectivity index (χ0v) is 10.7. The van der Waals surface area contributed by atoms with Crippen molar-refractivity contribution in [1.29, 1.82) is 0 Å². The second kappa shape index (κ2) is 5.98. The third-order valence-electron chi connectivity index (χ3n) is 3.41. The third kappa shape index (κ3) is 2.89. The Kier molecular flexibility index (Phi) is 4.33. The summed E-state index contributed by atoms with van der Waals surface area (Å²) in [6.07, 6.45) is 1.24. The number of piperidine rings is 1. The van der Waals surface area contributed by atoms with Crippen molar-refractivity contribution < 1.29 is 9.53 Å². The molecule has 0 radical (unpaired) electrons. The van der Waals surface area contributed by atoms with E-state index >= 15 is 0 Å². The van der Waals surface area contributed by atoms with Gasteiger partial charge in [0.05, 0.1) is 0 Å². The fourth-order valence-electron chi connectivity index (χ4n) is 2.29. The number of hydrogen-bond donors (Lipinski definition) is 1. The van der Waals surface area contributed by atoms with Crippen LogP contribution in [0, 0.1) is 0 Å². The Morgan fingerprint density at radius 3 is 2.50 bits per heavy atom. The van der Waals surface area contributed by atoms with Crippen LogP contribution < -0.4 is 5.73 Å². The first-order valence-corrected chi connectivity index (χ1v) is 6.34. The molecule has 1 fully saturated rings. The van der Waals surface area contributed by atoms with Gasteiger partial charge in [0, 0.05) is 26.2 Å². The highest BCUT2D eigenvalue weighted by molar-refractivity contribution is 5.82. The molecular weight excluding hydrogens is 228 g/mol. The van der Waals surface area contributed by atoms with Crippen molar-refractivity contribution in [1.82, 2.24) is 4.90 Å². The Balaban J connectivity index is 2.06. The number of amides is 1. The summed E-state index contributed by atoms with van der Waals surface area (Å²) in [6.45, 7) is 1.46. The van der Waals surface area contributed by atoms with E-state index in [0.717, 1.165) is 31.5 Å². The van der Waals surface area contributed by atoms with Crippen LogP contribution in [0.1, 0.15) is 24.5 Å². The lowest BCUT2D eigenvalue weighted by Crippen LogP contribution is -2.45. The number of carbonyl (C=O) groups is 1. The van der Waals surface area contributed by atoms with E-state index in [1.165, 1.54) is 0 Å². The molecule has 2 N–H and O–H groups in total. The molecule has 2 rings (SSSR count). The van der Waals surface area contributed by atoms with Crippen LogP contribution in [0.2, 0.25) is 0 Å². The zero-order valence-electron chi connectivity index (χ0n) is 10.7. The first kappa shape index (κ1) is 13.1. The van der Waals surface area contributed by atoms with Gasteiger partial charge >= 0.3 is 0 Å². The Morgan fingerprint density at radius 1 is 1.33 bits per heavy atom. The quantitative estimate of drug-likeness (QED) is 0.878. The number of nitrogens with two attached hydrogens (primary N) is 1. The molecule has 4 nitrogen and oxygen atoms in total. The summed E-state index contributed by atoms with van der Waals surface area (Å²) in [5, 5.41) is 0. The molecular formula is C14H20N2O2. The van der Waals surface area contributed by atoms with E-state index in [9.17, 15) is 4.79 Å². The monoisotopic (exact) mass is 248 g/mol. The molecule has 1 aliphatic rings. The van der Waals surface area contributed by atoms with Crippen molar-refractivity contribution in [3.8, 4) is 0 Å². The second-order valence-corrected chi connectivity index (χ2v) is 4.69. The van der Waals surface area contributed by atoms with E-state index in [0.29, 0.717) is 0 Å². The summed E-state index contributed by atoms with van der Waals surface area (Å²) in [6, 6.07) is 9.83. The van der Waals surface area contributed by atoms with Crippen LogP contribution in [0.4, 0.5) is 0 Å². The smallest absolute Gasteiger partial charge is 0.256 e. The average molecular weight is 248 g/mol. The Bertz CT molecular complexity index is 386. The number of benzene rings is 1. The van der Waals surface area contributed by atoms with Crippen molar-refractivity contribution >= 4 is 5.91 Å². The van der Waals surface area contributed by atoms with Crippen LogP contribution in [-0.2, 0) is 9.53 Å². The van der Waals surface area contributed by atoms with Crippen molar-refractivity contribution in [2.24, 2.45) is 5.73 Å². The summed E-state index contributed by atoms with van der Waals surface area (Å²) in [5.74, 6) is 0.0376. The van der Waals surface area contributed by atoms with Crippen LogP contribution in [0.25, 0.3) is 0 Å². The molecule has 1 aliphatic heterocycles. The molecule has 1 aromatic carbocycles. The highest BCUT2D eigenvalue weighted by Gasteiger charge is 2.28. The molecule has 1 unspecified atom stereocenters. The number of methoxy groups -OCH3 is 1. The van der Waals surface area contributed by atoms with Crippen molar-refractivity contribution in [3.05, 3.63) is 35.9 Å². The van der Waals surface area contributed by atoms with Gasteiger partial charge in [-0.15, -0.1) is 0 Å². The summed E-state index contributed by atoms with van der Waals surface area (Å²) in [7, 11) is 1.57. The van der Waals surface area contributed by atoms with Crippen molar-refractivity contribution in [2.75, 3.05) is 20.2 Å². The molecule has 4 heteroatoms. The molecule has 98 valence electrons. The molecule has 1 atom stereocenters. The van der Waals surface area contributed by atoms with Gasteiger partial charge in [0.1, 0.15) is 0 Å². The second-order valence-electron chi connectivity index (χ2n) is 4.69. The lowest BCUT2D eigenvalue weighted by atomic mass is 10.0. The van der Waals surface area contributed by atoms with Gasteiger partial charge in [0.15, 0.2) is 6.10 Å².